The van der Waals surface area contributed by atoms with E-state index < -0.39 is 0 Å². The van der Waals surface area contributed by atoms with E-state index in [1.54, 1.807) is 6.26 Å². The molecule has 0 aromatic carbocycles. The van der Waals surface area contributed by atoms with Gasteiger partial charge in [0.05, 0.1) is 12.8 Å². The quantitative estimate of drug-likeness (QED) is 0.870. The first-order valence-corrected chi connectivity index (χ1v) is 6.77. The van der Waals surface area contributed by atoms with E-state index in [-0.39, 0.29) is 0 Å². The van der Waals surface area contributed by atoms with Gasteiger partial charge in [-0.2, -0.15) is 0 Å². The van der Waals surface area contributed by atoms with Crippen LogP contribution in [-0.2, 0) is 6.54 Å². The summed E-state index contributed by atoms with van der Waals surface area (Å²) < 4.78 is 5.44. The number of nitrogens with zero attached hydrogens (tertiary/aromatic N) is 1. The van der Waals surface area contributed by atoms with Crippen LogP contribution in [0.2, 0.25) is 0 Å². The highest BCUT2D eigenvalue weighted by Gasteiger charge is 2.21. The van der Waals surface area contributed by atoms with Crippen LogP contribution < -0.4 is 5.32 Å². The van der Waals surface area contributed by atoms with Crippen LogP contribution in [0.1, 0.15) is 32.4 Å². The van der Waals surface area contributed by atoms with Crippen LogP contribution in [0.25, 0.3) is 0 Å². The van der Waals surface area contributed by atoms with Crippen molar-refractivity contribution in [2.24, 2.45) is 5.92 Å². The van der Waals surface area contributed by atoms with Gasteiger partial charge in [-0.15, -0.1) is 0 Å². The van der Waals surface area contributed by atoms with Gasteiger partial charge in [0.1, 0.15) is 5.76 Å². The Hall–Kier alpha value is -0.800. The predicted molar refractivity (Wildman–Crippen MR) is 69.8 cm³/mol. The van der Waals surface area contributed by atoms with Gasteiger partial charge in [-0.25, -0.2) is 0 Å². The third kappa shape index (κ3) is 3.58. The maximum absolute atomic E-state index is 5.44. The van der Waals surface area contributed by atoms with Crippen LogP contribution in [-0.4, -0.2) is 30.6 Å². The number of hydrogen-bond acceptors (Lipinski definition) is 3. The van der Waals surface area contributed by atoms with Crippen LogP contribution >= 0.6 is 0 Å². The summed E-state index contributed by atoms with van der Waals surface area (Å²) in [5.74, 6) is 1.82. The van der Waals surface area contributed by atoms with Gasteiger partial charge in [-0.1, -0.05) is 20.3 Å². The SMILES string of the molecule is CCC(C)C1CN(Cc2ccco2)CCCN1. The molecule has 2 unspecified atom stereocenters. The highest BCUT2D eigenvalue weighted by Crippen LogP contribution is 2.14. The molecular formula is C14H24N2O. The van der Waals surface area contributed by atoms with Gasteiger partial charge in [0.15, 0.2) is 0 Å². The molecule has 0 amide bonds. The van der Waals surface area contributed by atoms with Crippen LogP contribution in [0.15, 0.2) is 22.8 Å². The lowest BCUT2D eigenvalue weighted by atomic mass is 9.99. The number of nitrogens with one attached hydrogen (secondary N) is 1. The second-order valence-electron chi connectivity index (χ2n) is 5.11. The summed E-state index contributed by atoms with van der Waals surface area (Å²) in [5.41, 5.74) is 0. The standard InChI is InChI=1S/C14H24N2O/c1-3-12(2)14-11-16(8-5-7-15-14)10-13-6-4-9-17-13/h4,6,9,12,14-15H,3,5,7-8,10-11H2,1-2H3. The van der Waals surface area contributed by atoms with Crippen LogP contribution in [0, 0.1) is 5.92 Å². The Morgan fingerprint density at radius 2 is 2.47 bits per heavy atom. The van der Waals surface area contributed by atoms with Gasteiger partial charge in [0.2, 0.25) is 0 Å². The molecule has 0 radical (unpaired) electrons. The van der Waals surface area contributed by atoms with Crippen molar-refractivity contribution in [1.29, 1.82) is 0 Å². The fraction of sp³-hybridized carbons (Fsp3) is 0.714. The zero-order valence-corrected chi connectivity index (χ0v) is 11.0. The van der Waals surface area contributed by atoms with Gasteiger partial charge in [-0.3, -0.25) is 4.90 Å². The van der Waals surface area contributed by atoms with E-state index in [0.29, 0.717) is 6.04 Å². The van der Waals surface area contributed by atoms with Crippen molar-refractivity contribution < 1.29 is 4.42 Å². The smallest absolute Gasteiger partial charge is 0.117 e. The topological polar surface area (TPSA) is 28.4 Å². The molecule has 3 heteroatoms. The van der Waals surface area contributed by atoms with Crippen molar-refractivity contribution in [3.05, 3.63) is 24.2 Å². The molecule has 1 aliphatic heterocycles. The van der Waals surface area contributed by atoms with Gasteiger partial charge >= 0.3 is 0 Å². The Kier molecular flexibility index (Phi) is 4.63. The average Bonchev–Trinajstić information content (AvgIpc) is 2.73. The summed E-state index contributed by atoms with van der Waals surface area (Å²) in [6, 6.07) is 4.66. The van der Waals surface area contributed by atoms with E-state index >= 15 is 0 Å². The molecule has 1 N–H and O–H groups in total. The Morgan fingerprint density at radius 3 is 3.18 bits per heavy atom. The predicted octanol–water partition coefficient (Wildman–Crippen LogP) is 2.49. The summed E-state index contributed by atoms with van der Waals surface area (Å²) in [6.45, 7) is 9.00. The highest BCUT2D eigenvalue weighted by atomic mass is 16.3. The Morgan fingerprint density at radius 1 is 1.59 bits per heavy atom. The van der Waals surface area contributed by atoms with Gasteiger partial charge in [-0.05, 0) is 37.6 Å². The van der Waals surface area contributed by atoms with E-state index in [1.807, 2.05) is 6.07 Å². The minimum atomic E-state index is 0.623. The molecule has 2 heterocycles. The van der Waals surface area contributed by atoms with Crippen LogP contribution in [0.4, 0.5) is 0 Å². The normalized spacial score (nSPS) is 24.5. The van der Waals surface area contributed by atoms with Crippen LogP contribution in [0.5, 0.6) is 0 Å². The fourth-order valence-corrected chi connectivity index (χ4v) is 2.46. The molecular weight excluding hydrogens is 212 g/mol. The first-order chi connectivity index (χ1) is 8.29. The van der Waals surface area contributed by atoms with E-state index in [9.17, 15) is 0 Å². The largest absolute Gasteiger partial charge is 0.468 e. The molecule has 0 spiro atoms. The third-order valence-electron chi connectivity index (χ3n) is 3.80. The molecule has 2 rings (SSSR count). The number of rotatable bonds is 4. The molecule has 17 heavy (non-hydrogen) atoms. The first kappa shape index (κ1) is 12.7. The summed E-state index contributed by atoms with van der Waals surface area (Å²) in [6.07, 6.45) is 4.23. The van der Waals surface area contributed by atoms with Crippen molar-refractivity contribution >= 4 is 0 Å². The van der Waals surface area contributed by atoms with Crippen molar-refractivity contribution in [2.75, 3.05) is 19.6 Å². The Balaban J connectivity index is 1.92. The average molecular weight is 236 g/mol. The summed E-state index contributed by atoms with van der Waals surface area (Å²) in [4.78, 5) is 2.51. The number of furan rings is 1. The molecule has 1 saturated heterocycles. The van der Waals surface area contributed by atoms with Crippen LogP contribution in [0.3, 0.4) is 0 Å². The second kappa shape index (κ2) is 6.22. The lowest BCUT2D eigenvalue weighted by Gasteiger charge is -2.27. The maximum Gasteiger partial charge on any atom is 0.117 e. The molecule has 96 valence electrons. The molecule has 0 bridgehead atoms. The highest BCUT2D eigenvalue weighted by molar-refractivity contribution is 4.98. The molecule has 0 saturated carbocycles. The van der Waals surface area contributed by atoms with Crippen molar-refractivity contribution in [2.45, 2.75) is 39.3 Å². The molecule has 0 aliphatic carbocycles. The van der Waals surface area contributed by atoms with E-state index in [0.717, 1.165) is 31.3 Å². The monoisotopic (exact) mass is 236 g/mol. The first-order valence-electron chi connectivity index (χ1n) is 6.77. The van der Waals surface area contributed by atoms with Gasteiger partial charge < -0.3 is 9.73 Å². The summed E-state index contributed by atoms with van der Waals surface area (Å²) in [5, 5.41) is 3.67. The molecule has 1 aromatic rings. The number of hydrogen-bond donors (Lipinski definition) is 1. The van der Waals surface area contributed by atoms with Crippen molar-refractivity contribution in [3.63, 3.8) is 0 Å². The second-order valence-corrected chi connectivity index (χ2v) is 5.11. The molecule has 1 aromatic heterocycles. The van der Waals surface area contributed by atoms with Gasteiger partial charge in [0, 0.05) is 12.6 Å². The summed E-state index contributed by atoms with van der Waals surface area (Å²) in [7, 11) is 0. The lowest BCUT2D eigenvalue weighted by Crippen LogP contribution is -2.41. The maximum atomic E-state index is 5.44. The van der Waals surface area contributed by atoms with E-state index in [4.69, 9.17) is 4.42 Å². The minimum Gasteiger partial charge on any atom is -0.468 e. The molecule has 1 aliphatic rings. The zero-order chi connectivity index (χ0) is 12.1. The van der Waals surface area contributed by atoms with E-state index in [2.05, 4.69) is 30.1 Å². The fourth-order valence-electron chi connectivity index (χ4n) is 2.46. The molecule has 1 fully saturated rings. The Labute approximate surface area is 104 Å². The van der Waals surface area contributed by atoms with Crippen molar-refractivity contribution in [3.8, 4) is 0 Å². The van der Waals surface area contributed by atoms with E-state index in [1.165, 1.54) is 19.4 Å². The minimum absolute atomic E-state index is 0.623. The van der Waals surface area contributed by atoms with Crippen molar-refractivity contribution in [1.82, 2.24) is 10.2 Å². The Bertz CT molecular complexity index is 310. The molecule has 2 atom stereocenters. The zero-order valence-electron chi connectivity index (χ0n) is 11.0. The summed E-state index contributed by atoms with van der Waals surface area (Å²) >= 11 is 0. The molecule has 3 nitrogen and oxygen atoms in total. The lowest BCUT2D eigenvalue weighted by molar-refractivity contribution is 0.216. The third-order valence-corrected chi connectivity index (χ3v) is 3.80. The van der Waals surface area contributed by atoms with Gasteiger partial charge in [0.25, 0.3) is 0 Å².